The van der Waals surface area contributed by atoms with Crippen molar-refractivity contribution in [3.8, 4) is 10.6 Å². The minimum atomic E-state index is 0. The van der Waals surface area contributed by atoms with E-state index in [1.807, 2.05) is 12.1 Å². The molecule has 5 rings (SSSR count). The molecule has 1 aliphatic carbocycles. The summed E-state index contributed by atoms with van der Waals surface area (Å²) in [7, 11) is 2.22. The van der Waals surface area contributed by atoms with Gasteiger partial charge in [-0.15, -0.1) is 48.6 Å². The van der Waals surface area contributed by atoms with Gasteiger partial charge in [-0.3, -0.25) is 9.69 Å². The smallest absolute Gasteiger partial charge is 0.252 e. The van der Waals surface area contributed by atoms with E-state index >= 15 is 0 Å². The minimum Gasteiger partial charge on any atom is -0.354 e. The molecule has 3 aromatic rings. The second kappa shape index (κ2) is 14.4. The fraction of sp³-hybridized carbons (Fsp3) is 0.500. The number of amides is 1. The molecule has 2 aliphatic rings. The van der Waals surface area contributed by atoms with Gasteiger partial charge in [0.05, 0.1) is 9.35 Å². The summed E-state index contributed by atoms with van der Waals surface area (Å²) >= 11 is 5.28. The fourth-order valence-electron chi connectivity index (χ4n) is 4.69. The number of carbonyl (C=O) groups is 1. The number of hydrogen-bond acceptors (Lipinski definition) is 7. The van der Waals surface area contributed by atoms with E-state index < -0.39 is 0 Å². The lowest BCUT2D eigenvalue weighted by Gasteiger charge is -2.42. The molecular weight excluding hydrogens is 631 g/mol. The molecule has 0 radical (unpaired) electrons. The molecule has 1 saturated heterocycles. The average Bonchev–Trinajstić information content (AvgIpc) is 3.54. The molecule has 2 fully saturated rings. The number of nitrogens with one attached hydrogen (secondary N) is 2. The van der Waals surface area contributed by atoms with Gasteiger partial charge in [-0.1, -0.05) is 6.07 Å². The lowest BCUT2D eigenvalue weighted by atomic mass is 10.1. The first-order chi connectivity index (χ1) is 16.9. The quantitative estimate of drug-likeness (QED) is 0.283. The predicted molar refractivity (Wildman–Crippen MR) is 169 cm³/mol. The monoisotopic (exact) mass is 664 g/mol. The van der Waals surface area contributed by atoms with E-state index in [0.717, 1.165) is 76.1 Å². The lowest BCUT2D eigenvalue weighted by molar-refractivity contribution is 0.0600. The van der Waals surface area contributed by atoms with Gasteiger partial charge in [-0.2, -0.15) is 0 Å². The highest BCUT2D eigenvalue weighted by atomic mass is 79.9. The van der Waals surface area contributed by atoms with Gasteiger partial charge in [0, 0.05) is 59.6 Å². The van der Waals surface area contributed by atoms with Crippen LogP contribution in [0.15, 0.2) is 34.9 Å². The summed E-state index contributed by atoms with van der Waals surface area (Å²) in [4.78, 5) is 28.0. The Hall–Kier alpha value is -1.20. The Morgan fingerprint density at radius 2 is 1.87 bits per heavy atom. The molecule has 1 amide bonds. The summed E-state index contributed by atoms with van der Waals surface area (Å²) in [6.45, 7) is 8.73. The third-order valence-electron chi connectivity index (χ3n) is 7.07. The van der Waals surface area contributed by atoms with E-state index in [4.69, 9.17) is 4.98 Å². The molecular formula is C26H36BrCl3N6OS. The minimum absolute atomic E-state index is 0. The molecule has 0 unspecified atom stereocenters. The number of likely N-dealkylation sites (N-methyl/N-ethyl adjacent to an activating group) is 1. The molecule has 2 aromatic heterocycles. The molecule has 7 nitrogen and oxygen atoms in total. The summed E-state index contributed by atoms with van der Waals surface area (Å²) < 4.78 is 1.93. The first-order valence-corrected chi connectivity index (χ1v) is 14.0. The summed E-state index contributed by atoms with van der Waals surface area (Å²) in [6, 6.07) is 9.51. The largest absolute Gasteiger partial charge is 0.354 e. The number of benzene rings is 1. The second-order valence-electron chi connectivity index (χ2n) is 9.87. The summed E-state index contributed by atoms with van der Waals surface area (Å²) in [6.07, 6.45) is 5.00. The normalized spacial score (nSPS) is 19.7. The first-order valence-electron chi connectivity index (χ1n) is 12.4. The Kier molecular flexibility index (Phi) is 12.5. The van der Waals surface area contributed by atoms with Crippen molar-refractivity contribution in [1.29, 1.82) is 0 Å². The van der Waals surface area contributed by atoms with Gasteiger partial charge in [-0.25, -0.2) is 9.97 Å². The number of halogens is 4. The van der Waals surface area contributed by atoms with E-state index in [2.05, 4.69) is 74.4 Å². The fourth-order valence-corrected chi connectivity index (χ4v) is 6.32. The summed E-state index contributed by atoms with van der Waals surface area (Å²) in [5.74, 6) is 0.642. The number of carbonyl (C=O) groups excluding carboxylic acids is 1. The average molecular weight is 667 g/mol. The van der Waals surface area contributed by atoms with Gasteiger partial charge in [0.15, 0.2) is 0 Å². The van der Waals surface area contributed by atoms with Crippen LogP contribution >= 0.6 is 64.5 Å². The maximum absolute atomic E-state index is 12.7. The van der Waals surface area contributed by atoms with Gasteiger partial charge >= 0.3 is 0 Å². The Bertz CT molecular complexity index is 1210. The van der Waals surface area contributed by atoms with Gasteiger partial charge in [0.2, 0.25) is 5.95 Å². The Morgan fingerprint density at radius 1 is 1.16 bits per heavy atom. The van der Waals surface area contributed by atoms with Crippen LogP contribution in [0.2, 0.25) is 0 Å². The molecule has 1 saturated carbocycles. The van der Waals surface area contributed by atoms with Crippen LogP contribution in [-0.2, 0) is 0 Å². The molecule has 12 heteroatoms. The van der Waals surface area contributed by atoms with Crippen LogP contribution in [0.1, 0.15) is 43.5 Å². The van der Waals surface area contributed by atoms with E-state index in [1.54, 1.807) is 17.5 Å². The zero-order valence-corrected chi connectivity index (χ0v) is 26.6. The highest BCUT2D eigenvalue weighted by Gasteiger charge is 2.26. The number of hydrogen-bond donors (Lipinski definition) is 2. The van der Waals surface area contributed by atoms with E-state index in [1.165, 1.54) is 0 Å². The van der Waals surface area contributed by atoms with Crippen LogP contribution in [0.3, 0.4) is 0 Å². The van der Waals surface area contributed by atoms with Crippen LogP contribution in [0.4, 0.5) is 5.95 Å². The number of thiophene rings is 1. The van der Waals surface area contributed by atoms with Gasteiger partial charge < -0.3 is 15.5 Å². The maximum atomic E-state index is 12.7. The highest BCUT2D eigenvalue weighted by Crippen LogP contribution is 2.37. The van der Waals surface area contributed by atoms with E-state index in [9.17, 15) is 4.79 Å². The van der Waals surface area contributed by atoms with E-state index in [0.29, 0.717) is 24.1 Å². The molecule has 0 bridgehead atoms. The molecule has 0 spiro atoms. The zero-order chi connectivity index (χ0) is 24.5. The van der Waals surface area contributed by atoms with Crippen molar-refractivity contribution >= 4 is 86.4 Å². The maximum Gasteiger partial charge on any atom is 0.252 e. The predicted octanol–water partition coefficient (Wildman–Crippen LogP) is 6.10. The third-order valence-corrected chi connectivity index (χ3v) is 8.75. The van der Waals surface area contributed by atoms with Crippen molar-refractivity contribution in [2.45, 2.75) is 51.2 Å². The molecule has 1 aliphatic heterocycles. The van der Waals surface area contributed by atoms with Crippen molar-refractivity contribution in [3.63, 3.8) is 0 Å². The summed E-state index contributed by atoms with van der Waals surface area (Å²) in [5.41, 5.74) is 1.58. The Morgan fingerprint density at radius 3 is 2.55 bits per heavy atom. The van der Waals surface area contributed by atoms with Crippen molar-refractivity contribution in [1.82, 2.24) is 25.1 Å². The van der Waals surface area contributed by atoms with Crippen LogP contribution in [-0.4, -0.2) is 77.0 Å². The highest BCUT2D eigenvalue weighted by molar-refractivity contribution is 9.10. The third kappa shape index (κ3) is 7.71. The van der Waals surface area contributed by atoms with Gasteiger partial charge in [0.1, 0.15) is 5.69 Å². The Balaban J connectivity index is 0.00000169. The number of rotatable bonds is 8. The number of fused-ring (bicyclic) bond motifs is 1. The van der Waals surface area contributed by atoms with Crippen LogP contribution < -0.4 is 10.6 Å². The van der Waals surface area contributed by atoms with Crippen molar-refractivity contribution in [2.24, 2.45) is 0 Å². The van der Waals surface area contributed by atoms with E-state index in [-0.39, 0.29) is 43.1 Å². The van der Waals surface area contributed by atoms with Gasteiger partial charge in [-0.05, 0) is 80.8 Å². The SMILES string of the molecule is C[C@@H]1CN(CCCNc2ncc(Br)c(-c3cc4c(C(=O)NC5CC5)cccc4s3)n2)C[C@H](C)N1C.Cl.Cl.Cl. The molecule has 210 valence electrons. The second-order valence-corrected chi connectivity index (χ2v) is 11.8. The Labute approximate surface area is 255 Å². The molecule has 38 heavy (non-hydrogen) atoms. The van der Waals surface area contributed by atoms with Crippen LogP contribution in [0, 0.1) is 0 Å². The van der Waals surface area contributed by atoms with Crippen molar-refractivity contribution < 1.29 is 4.79 Å². The molecule has 1 aromatic carbocycles. The van der Waals surface area contributed by atoms with Crippen molar-refractivity contribution in [2.75, 3.05) is 38.5 Å². The zero-order valence-electron chi connectivity index (χ0n) is 21.8. The standard InChI is InChI=1S/C26H33BrN6OS.3ClH/c1-16-14-33(15-17(2)32(16)3)11-5-10-28-26-29-13-21(27)24(31-26)23-12-20-19(6-4-7-22(20)35-23)25(34)30-18-8-9-18;;;/h4,6-7,12-13,16-18H,5,8-11,14-15H2,1-3H3,(H,30,34)(H,28,29,31);3*1H/t16-,17+;;;. The number of piperazine rings is 1. The number of anilines is 1. The van der Waals surface area contributed by atoms with Crippen LogP contribution in [0.5, 0.6) is 0 Å². The topological polar surface area (TPSA) is 73.4 Å². The van der Waals surface area contributed by atoms with Crippen molar-refractivity contribution in [3.05, 3.63) is 40.5 Å². The molecule has 3 heterocycles. The first kappa shape index (κ1) is 33.0. The number of nitrogens with zero attached hydrogens (tertiary/aromatic N) is 4. The molecule has 2 N–H and O–H groups in total. The number of aromatic nitrogens is 2. The van der Waals surface area contributed by atoms with Gasteiger partial charge in [0.25, 0.3) is 5.91 Å². The molecule has 2 atom stereocenters. The lowest BCUT2D eigenvalue weighted by Crippen LogP contribution is -2.55. The van der Waals surface area contributed by atoms with Crippen LogP contribution in [0.25, 0.3) is 20.7 Å². The summed E-state index contributed by atoms with van der Waals surface area (Å²) in [5, 5.41) is 7.48.